The normalized spacial score (nSPS) is 54.0. The SMILES string of the molecule is CN(C)[C@H]1CC[C@@]2(C)C(CC[C@@H]3C2CC[C@]2(C)C4(CC[C@@]32C)OCCO4)C1. The smallest absolute Gasteiger partial charge is 0.174 e. The molecule has 5 fully saturated rings. The number of hydrogen-bond donors (Lipinski definition) is 0. The Morgan fingerprint density at radius 1 is 0.778 bits per heavy atom. The largest absolute Gasteiger partial charge is 0.347 e. The van der Waals surface area contributed by atoms with Gasteiger partial charge >= 0.3 is 0 Å². The van der Waals surface area contributed by atoms with Gasteiger partial charge in [-0.2, -0.15) is 0 Å². The van der Waals surface area contributed by atoms with Gasteiger partial charge in [0.15, 0.2) is 5.79 Å². The highest BCUT2D eigenvalue weighted by molar-refractivity contribution is 5.18. The molecule has 1 aliphatic heterocycles. The molecule has 154 valence electrons. The van der Waals surface area contributed by atoms with Gasteiger partial charge in [0, 0.05) is 17.9 Å². The van der Waals surface area contributed by atoms with Crippen molar-refractivity contribution >= 4 is 0 Å². The molecule has 0 aromatic rings. The lowest BCUT2D eigenvalue weighted by atomic mass is 9.41. The number of fused-ring (bicyclic) bond motifs is 6. The van der Waals surface area contributed by atoms with Crippen LogP contribution >= 0.6 is 0 Å². The number of ether oxygens (including phenoxy) is 2. The Labute approximate surface area is 166 Å². The third-order valence-electron chi connectivity index (χ3n) is 11.0. The average Bonchev–Trinajstić information content (AvgIpc) is 3.20. The molecule has 4 saturated carbocycles. The fourth-order valence-electron chi connectivity index (χ4n) is 8.98. The summed E-state index contributed by atoms with van der Waals surface area (Å²) in [7, 11) is 4.57. The van der Waals surface area contributed by atoms with Crippen LogP contribution < -0.4 is 0 Å². The molecule has 2 unspecified atom stereocenters. The van der Waals surface area contributed by atoms with Gasteiger partial charge in [0.25, 0.3) is 0 Å². The Morgan fingerprint density at radius 2 is 1.52 bits per heavy atom. The third-order valence-corrected chi connectivity index (χ3v) is 11.0. The Hall–Kier alpha value is -0.120. The van der Waals surface area contributed by atoms with E-state index in [1.165, 1.54) is 51.4 Å². The predicted molar refractivity (Wildman–Crippen MR) is 108 cm³/mol. The highest BCUT2D eigenvalue weighted by atomic mass is 16.7. The van der Waals surface area contributed by atoms with E-state index in [1.807, 2.05) is 0 Å². The second-order valence-electron chi connectivity index (χ2n) is 11.6. The van der Waals surface area contributed by atoms with E-state index in [0.29, 0.717) is 10.8 Å². The summed E-state index contributed by atoms with van der Waals surface area (Å²) in [6, 6.07) is 0.805. The lowest BCUT2D eigenvalue weighted by Gasteiger charge is -2.65. The highest BCUT2D eigenvalue weighted by Gasteiger charge is 2.72. The summed E-state index contributed by atoms with van der Waals surface area (Å²) < 4.78 is 12.7. The van der Waals surface area contributed by atoms with Crippen LogP contribution in [0.3, 0.4) is 0 Å². The van der Waals surface area contributed by atoms with Crippen LogP contribution in [0.2, 0.25) is 0 Å². The van der Waals surface area contributed by atoms with Crippen molar-refractivity contribution in [2.75, 3.05) is 27.3 Å². The van der Waals surface area contributed by atoms with Crippen LogP contribution in [0.5, 0.6) is 0 Å². The molecule has 7 atom stereocenters. The van der Waals surface area contributed by atoms with Gasteiger partial charge in [-0.15, -0.1) is 0 Å². The second-order valence-corrected chi connectivity index (χ2v) is 11.6. The first kappa shape index (κ1) is 18.9. The van der Waals surface area contributed by atoms with E-state index in [-0.39, 0.29) is 11.2 Å². The van der Waals surface area contributed by atoms with Crippen molar-refractivity contribution in [1.82, 2.24) is 4.90 Å². The van der Waals surface area contributed by atoms with Gasteiger partial charge in [-0.05, 0) is 94.0 Å². The molecule has 1 heterocycles. The van der Waals surface area contributed by atoms with Crippen LogP contribution in [0.15, 0.2) is 0 Å². The third kappa shape index (κ3) is 2.26. The topological polar surface area (TPSA) is 21.7 Å². The molecule has 3 nitrogen and oxygen atoms in total. The predicted octanol–water partition coefficient (Wildman–Crippen LogP) is 5.09. The molecule has 5 aliphatic rings. The van der Waals surface area contributed by atoms with Crippen LogP contribution in [0.1, 0.15) is 78.6 Å². The minimum absolute atomic E-state index is 0.196. The Kier molecular flexibility index (Phi) is 4.16. The maximum absolute atomic E-state index is 6.36. The minimum Gasteiger partial charge on any atom is -0.347 e. The van der Waals surface area contributed by atoms with Crippen LogP contribution in [0.4, 0.5) is 0 Å². The molecule has 0 N–H and O–H groups in total. The number of nitrogens with zero attached hydrogens (tertiary/aromatic N) is 1. The minimum atomic E-state index is -0.271. The van der Waals surface area contributed by atoms with E-state index in [0.717, 1.165) is 43.4 Å². The summed E-state index contributed by atoms with van der Waals surface area (Å²) in [5.74, 6) is 2.43. The van der Waals surface area contributed by atoms with Crippen molar-refractivity contribution in [3.8, 4) is 0 Å². The van der Waals surface area contributed by atoms with E-state index in [4.69, 9.17) is 9.47 Å². The lowest BCUT2D eigenvalue weighted by Crippen LogP contribution is -2.61. The van der Waals surface area contributed by atoms with Gasteiger partial charge in [0.1, 0.15) is 0 Å². The molecule has 3 heteroatoms. The zero-order valence-electron chi connectivity index (χ0n) is 18.4. The van der Waals surface area contributed by atoms with E-state index in [9.17, 15) is 0 Å². The maximum Gasteiger partial charge on any atom is 0.174 e. The van der Waals surface area contributed by atoms with Crippen LogP contribution in [0.25, 0.3) is 0 Å². The van der Waals surface area contributed by atoms with E-state index in [1.54, 1.807) is 0 Å². The first-order valence-corrected chi connectivity index (χ1v) is 11.7. The van der Waals surface area contributed by atoms with Crippen molar-refractivity contribution in [2.24, 2.45) is 34.0 Å². The molecule has 0 radical (unpaired) electrons. The van der Waals surface area contributed by atoms with Gasteiger partial charge in [0.2, 0.25) is 0 Å². The Morgan fingerprint density at radius 3 is 2.22 bits per heavy atom. The molecule has 1 saturated heterocycles. The maximum atomic E-state index is 6.36. The number of hydrogen-bond acceptors (Lipinski definition) is 3. The van der Waals surface area contributed by atoms with Crippen molar-refractivity contribution in [1.29, 1.82) is 0 Å². The molecular formula is C24H41NO2. The van der Waals surface area contributed by atoms with Crippen molar-refractivity contribution in [3.05, 3.63) is 0 Å². The quantitative estimate of drug-likeness (QED) is 0.637. The summed E-state index contributed by atoms with van der Waals surface area (Å²) >= 11 is 0. The monoisotopic (exact) mass is 375 g/mol. The Bertz CT molecular complexity index is 599. The first-order chi connectivity index (χ1) is 12.8. The second kappa shape index (κ2) is 5.95. The summed E-state index contributed by atoms with van der Waals surface area (Å²) in [4.78, 5) is 2.49. The zero-order valence-corrected chi connectivity index (χ0v) is 18.4. The number of rotatable bonds is 1. The van der Waals surface area contributed by atoms with Crippen LogP contribution in [-0.2, 0) is 9.47 Å². The van der Waals surface area contributed by atoms with Gasteiger partial charge in [0.05, 0.1) is 13.2 Å². The lowest BCUT2D eigenvalue weighted by molar-refractivity contribution is -0.267. The van der Waals surface area contributed by atoms with Gasteiger partial charge in [-0.3, -0.25) is 0 Å². The zero-order chi connectivity index (χ0) is 19.1. The van der Waals surface area contributed by atoms with Gasteiger partial charge in [-0.25, -0.2) is 0 Å². The highest BCUT2D eigenvalue weighted by Crippen LogP contribution is 2.74. The molecule has 0 amide bonds. The van der Waals surface area contributed by atoms with Crippen LogP contribution in [0, 0.1) is 34.0 Å². The molecule has 5 rings (SSSR count). The van der Waals surface area contributed by atoms with Crippen molar-refractivity contribution in [3.63, 3.8) is 0 Å². The molecule has 27 heavy (non-hydrogen) atoms. The van der Waals surface area contributed by atoms with Crippen molar-refractivity contribution < 1.29 is 9.47 Å². The van der Waals surface area contributed by atoms with Gasteiger partial charge in [-0.1, -0.05) is 20.8 Å². The average molecular weight is 376 g/mol. The fraction of sp³-hybridized carbons (Fsp3) is 1.00. The first-order valence-electron chi connectivity index (χ1n) is 11.7. The van der Waals surface area contributed by atoms with E-state index in [2.05, 4.69) is 39.8 Å². The molecule has 4 aliphatic carbocycles. The summed E-state index contributed by atoms with van der Waals surface area (Å²) in [5, 5.41) is 0. The van der Waals surface area contributed by atoms with Crippen LogP contribution in [-0.4, -0.2) is 44.0 Å². The Balaban J connectivity index is 1.45. The van der Waals surface area contributed by atoms with Crippen molar-refractivity contribution in [2.45, 2.75) is 90.4 Å². The fourth-order valence-corrected chi connectivity index (χ4v) is 8.98. The summed E-state index contributed by atoms with van der Waals surface area (Å²) in [6.07, 6.45) is 12.2. The molecule has 0 aromatic carbocycles. The molecular weight excluding hydrogens is 334 g/mol. The van der Waals surface area contributed by atoms with E-state index < -0.39 is 0 Å². The summed E-state index contributed by atoms with van der Waals surface area (Å²) in [5.41, 5.74) is 1.14. The van der Waals surface area contributed by atoms with Gasteiger partial charge < -0.3 is 14.4 Å². The molecule has 1 spiro atoms. The standard InChI is InChI=1S/C24H41NO2/c1-21-10-8-18(25(4)5)16-17(21)6-7-20-19(21)9-11-23(3)22(20,2)12-13-24(23)26-14-15-27-24/h17-20H,6-16H2,1-5H3/t17?,18-,19?,20+,21-,22-,23-/m0/s1. The molecule has 0 bridgehead atoms. The van der Waals surface area contributed by atoms with E-state index >= 15 is 0 Å². The summed E-state index contributed by atoms with van der Waals surface area (Å²) in [6.45, 7) is 9.42. The molecule has 0 aromatic heterocycles.